The summed E-state index contributed by atoms with van der Waals surface area (Å²) in [7, 11) is -3.80. The number of benzene rings is 2. The second kappa shape index (κ2) is 8.00. The molecule has 2 aromatic carbocycles. The average Bonchev–Trinajstić information content (AvgIpc) is 3.01. The first-order valence-electron chi connectivity index (χ1n) is 7.95. The smallest absolute Gasteiger partial charge is 0.298 e. The summed E-state index contributed by atoms with van der Waals surface area (Å²) in [5.41, 5.74) is 2.09. The zero-order valence-corrected chi connectivity index (χ0v) is 16.3. The topological polar surface area (TPSA) is 142 Å². The SMILES string of the molecule is Cc1ccc(-[n+]2noc([O-])c2SCC(=O)Nc2ccc(S(N)(=O)=O)cc2)cc1. The number of sulfonamides is 1. The average molecular weight is 420 g/mol. The third-order valence-corrected chi connectivity index (χ3v) is 5.61. The van der Waals surface area contributed by atoms with Crippen molar-refractivity contribution >= 4 is 33.4 Å². The molecule has 0 unspecified atom stereocenters. The minimum absolute atomic E-state index is 0.0560. The van der Waals surface area contributed by atoms with E-state index in [-0.39, 0.29) is 21.6 Å². The number of aryl methyl sites for hydroxylation is 1. The van der Waals surface area contributed by atoms with Crippen LogP contribution in [0, 0.1) is 6.92 Å². The molecule has 3 aromatic rings. The van der Waals surface area contributed by atoms with Gasteiger partial charge in [-0.15, -0.1) is 0 Å². The number of aromatic nitrogens is 2. The van der Waals surface area contributed by atoms with Crippen LogP contribution >= 0.6 is 11.8 Å². The molecule has 9 nitrogen and oxygen atoms in total. The Morgan fingerprint density at radius 1 is 1.21 bits per heavy atom. The molecule has 1 heterocycles. The Morgan fingerprint density at radius 2 is 1.86 bits per heavy atom. The van der Waals surface area contributed by atoms with E-state index in [0.29, 0.717) is 11.4 Å². The first-order chi connectivity index (χ1) is 13.2. The lowest BCUT2D eigenvalue weighted by molar-refractivity contribution is -0.705. The summed E-state index contributed by atoms with van der Waals surface area (Å²) in [6, 6.07) is 12.7. The van der Waals surface area contributed by atoms with Crippen molar-refractivity contribution in [2.75, 3.05) is 11.1 Å². The van der Waals surface area contributed by atoms with Crippen LogP contribution in [0.1, 0.15) is 5.56 Å². The van der Waals surface area contributed by atoms with Gasteiger partial charge in [0, 0.05) is 17.8 Å². The molecule has 0 saturated carbocycles. The molecule has 146 valence electrons. The first kappa shape index (κ1) is 19.9. The first-order valence-corrected chi connectivity index (χ1v) is 10.5. The van der Waals surface area contributed by atoms with Gasteiger partial charge in [-0.3, -0.25) is 4.79 Å². The lowest BCUT2D eigenvalue weighted by atomic mass is 10.2. The molecule has 1 aromatic heterocycles. The Balaban J connectivity index is 1.67. The standard InChI is InChI=1S/C17H16N4O5S2/c1-11-2-6-13(7-3-11)21-16(17(23)26-20-21)27-10-15(22)19-12-4-8-14(9-5-12)28(18,24)25/h2-9H,10H2,1H3,(H3-,18,19,20,22,23,24,25). The van der Waals surface area contributed by atoms with Gasteiger partial charge >= 0.3 is 0 Å². The third kappa shape index (κ3) is 4.68. The second-order valence-corrected chi connectivity index (χ2v) is 8.34. The number of nitrogens with one attached hydrogen (secondary N) is 1. The third-order valence-electron chi connectivity index (χ3n) is 3.66. The van der Waals surface area contributed by atoms with Crippen molar-refractivity contribution in [2.45, 2.75) is 16.8 Å². The van der Waals surface area contributed by atoms with Crippen LogP contribution in [-0.4, -0.2) is 25.3 Å². The fourth-order valence-corrected chi connectivity index (χ4v) is 3.54. The Morgan fingerprint density at radius 3 is 2.46 bits per heavy atom. The van der Waals surface area contributed by atoms with Crippen molar-refractivity contribution < 1.29 is 27.5 Å². The Labute approximate surface area is 165 Å². The van der Waals surface area contributed by atoms with Crippen LogP contribution < -0.4 is 20.2 Å². The second-order valence-electron chi connectivity index (χ2n) is 5.82. The van der Waals surface area contributed by atoms with Gasteiger partial charge in [0.25, 0.3) is 5.03 Å². The molecule has 0 aliphatic carbocycles. The molecule has 0 fully saturated rings. The van der Waals surface area contributed by atoms with Crippen molar-refractivity contribution in [1.29, 1.82) is 0 Å². The molecule has 1 amide bonds. The number of nitrogens with zero attached hydrogens (tertiary/aromatic N) is 2. The molecule has 3 N–H and O–H groups in total. The number of carbonyl (C=O) groups excluding carboxylic acids is 1. The van der Waals surface area contributed by atoms with Crippen molar-refractivity contribution in [1.82, 2.24) is 5.27 Å². The van der Waals surface area contributed by atoms with Crippen LogP contribution in [-0.2, 0) is 14.8 Å². The van der Waals surface area contributed by atoms with Crippen LogP contribution in [0.25, 0.3) is 5.69 Å². The number of hydrogen-bond acceptors (Lipinski definition) is 7. The maximum atomic E-state index is 12.2. The molecule has 0 atom stereocenters. The maximum Gasteiger partial charge on any atom is 0.298 e. The highest BCUT2D eigenvalue weighted by molar-refractivity contribution is 7.99. The summed E-state index contributed by atoms with van der Waals surface area (Å²) in [6.45, 7) is 1.94. The molecule has 0 bridgehead atoms. The minimum atomic E-state index is -3.80. The van der Waals surface area contributed by atoms with Gasteiger partial charge in [-0.05, 0) is 47.6 Å². The van der Waals surface area contributed by atoms with E-state index in [0.717, 1.165) is 17.3 Å². The van der Waals surface area contributed by atoms with Gasteiger partial charge in [-0.25, -0.2) is 13.6 Å². The molecule has 0 radical (unpaired) electrons. The highest BCUT2D eigenvalue weighted by Gasteiger charge is 2.22. The van der Waals surface area contributed by atoms with Crippen LogP contribution in [0.15, 0.2) is 63.0 Å². The Hall–Kier alpha value is -2.89. The zero-order valence-electron chi connectivity index (χ0n) is 14.7. The zero-order chi connectivity index (χ0) is 20.3. The van der Waals surface area contributed by atoms with E-state index < -0.39 is 16.0 Å². The largest absolute Gasteiger partial charge is 0.538 e. The summed E-state index contributed by atoms with van der Waals surface area (Å²) in [4.78, 5) is 12.1. The van der Waals surface area contributed by atoms with Crippen molar-refractivity contribution in [2.24, 2.45) is 5.14 Å². The summed E-state index contributed by atoms with van der Waals surface area (Å²) >= 11 is 0.980. The van der Waals surface area contributed by atoms with E-state index in [2.05, 4.69) is 10.6 Å². The molecule has 0 saturated heterocycles. The molecule has 0 spiro atoms. The molecule has 0 aliphatic heterocycles. The summed E-state index contributed by atoms with van der Waals surface area (Å²) in [5.74, 6) is -1.10. The quantitative estimate of drug-likeness (QED) is 0.442. The molecule has 3 rings (SSSR count). The van der Waals surface area contributed by atoms with E-state index in [1.807, 2.05) is 19.1 Å². The van der Waals surface area contributed by atoms with Gasteiger partial charge in [0.1, 0.15) is 0 Å². The number of primary sulfonamides is 1. The van der Waals surface area contributed by atoms with Crippen LogP contribution in [0.3, 0.4) is 0 Å². The van der Waals surface area contributed by atoms with E-state index in [4.69, 9.17) is 9.66 Å². The Kier molecular flexibility index (Phi) is 5.68. The summed E-state index contributed by atoms with van der Waals surface area (Å²) in [5, 5.41) is 23.4. The van der Waals surface area contributed by atoms with Gasteiger partial charge in [0.05, 0.1) is 15.9 Å². The fourth-order valence-electron chi connectivity index (χ4n) is 2.27. The lowest BCUT2D eigenvalue weighted by Crippen LogP contribution is -2.35. The molecule has 28 heavy (non-hydrogen) atoms. The van der Waals surface area contributed by atoms with E-state index in [1.54, 1.807) is 12.1 Å². The van der Waals surface area contributed by atoms with Crippen molar-refractivity contribution in [3.8, 4) is 11.6 Å². The highest BCUT2D eigenvalue weighted by atomic mass is 32.2. The predicted octanol–water partition coefficient (Wildman–Crippen LogP) is 0.712. The molecular weight excluding hydrogens is 404 g/mol. The molecule has 11 heteroatoms. The normalized spacial score (nSPS) is 11.4. The van der Waals surface area contributed by atoms with E-state index in [9.17, 15) is 18.3 Å². The highest BCUT2D eigenvalue weighted by Crippen LogP contribution is 2.23. The summed E-state index contributed by atoms with van der Waals surface area (Å²) < 4.78 is 28.5. The summed E-state index contributed by atoms with van der Waals surface area (Å²) in [6.07, 6.45) is 0. The Bertz CT molecular complexity index is 1090. The van der Waals surface area contributed by atoms with Gasteiger partial charge in [0.15, 0.2) is 5.95 Å². The predicted molar refractivity (Wildman–Crippen MR) is 99.4 cm³/mol. The minimum Gasteiger partial charge on any atom is -0.538 e. The fraction of sp³-hybridized carbons (Fsp3) is 0.118. The van der Waals surface area contributed by atoms with E-state index in [1.165, 1.54) is 28.9 Å². The number of anilines is 1. The van der Waals surface area contributed by atoms with Crippen LogP contribution in [0.4, 0.5) is 5.69 Å². The molecule has 0 aliphatic rings. The van der Waals surface area contributed by atoms with Gasteiger partial charge < -0.3 is 14.9 Å². The van der Waals surface area contributed by atoms with Crippen LogP contribution in [0.5, 0.6) is 5.95 Å². The molecular formula is C17H16N4O5S2. The number of amides is 1. The van der Waals surface area contributed by atoms with Crippen molar-refractivity contribution in [3.63, 3.8) is 0 Å². The maximum absolute atomic E-state index is 12.2. The van der Waals surface area contributed by atoms with Gasteiger partial charge in [-0.2, -0.15) is 0 Å². The number of hydrogen-bond donors (Lipinski definition) is 2. The lowest BCUT2D eigenvalue weighted by Gasteiger charge is -2.05. The van der Waals surface area contributed by atoms with Crippen molar-refractivity contribution in [3.05, 3.63) is 54.1 Å². The number of thioether (sulfide) groups is 1. The number of carbonyl (C=O) groups is 1. The van der Waals surface area contributed by atoms with Gasteiger partial charge in [0.2, 0.25) is 21.6 Å². The number of rotatable bonds is 6. The van der Waals surface area contributed by atoms with Crippen LogP contribution in [0.2, 0.25) is 0 Å². The van der Waals surface area contributed by atoms with Gasteiger partial charge in [-0.1, -0.05) is 17.7 Å². The monoisotopic (exact) mass is 420 g/mol. The van der Waals surface area contributed by atoms with E-state index >= 15 is 0 Å². The number of nitrogens with two attached hydrogens (primary N) is 1.